The fourth-order valence-electron chi connectivity index (χ4n) is 2.88. The van der Waals surface area contributed by atoms with E-state index in [1.807, 2.05) is 36.7 Å². The second-order valence-electron chi connectivity index (χ2n) is 4.74. The van der Waals surface area contributed by atoms with Crippen molar-refractivity contribution in [2.24, 2.45) is 4.99 Å². The largest absolute Gasteiger partial charge is 0.359 e. The second kappa shape index (κ2) is 3.75. The van der Waals surface area contributed by atoms with E-state index in [1.54, 1.807) is 0 Å². The molecule has 1 N–H and O–H groups in total. The molecule has 1 aliphatic carbocycles. The highest BCUT2D eigenvalue weighted by atomic mass is 35.5. The third kappa shape index (κ3) is 1.36. The number of para-hydroxylation sites is 2. The maximum Gasteiger partial charge on any atom is 0.180 e. The number of hydrogen-bond donors (Lipinski definition) is 1. The summed E-state index contributed by atoms with van der Waals surface area (Å²) in [6, 6.07) is 8.24. The molecule has 1 unspecified atom stereocenters. The molecule has 94 valence electrons. The summed E-state index contributed by atoms with van der Waals surface area (Å²) in [7, 11) is 0. The van der Waals surface area contributed by atoms with Crippen LogP contribution in [0.25, 0.3) is 0 Å². The van der Waals surface area contributed by atoms with Crippen LogP contribution in [0.2, 0.25) is 0 Å². The van der Waals surface area contributed by atoms with Gasteiger partial charge in [0.05, 0.1) is 17.9 Å². The molecule has 0 aromatic heterocycles. The first kappa shape index (κ1) is 10.9. The van der Waals surface area contributed by atoms with Crippen LogP contribution in [-0.2, 0) is 0 Å². The van der Waals surface area contributed by atoms with Crippen LogP contribution < -0.4 is 10.2 Å². The van der Waals surface area contributed by atoms with E-state index < -0.39 is 5.66 Å². The van der Waals surface area contributed by atoms with Crippen LogP contribution in [0, 0.1) is 0 Å². The lowest BCUT2D eigenvalue weighted by molar-refractivity contribution is 0.633. The molecular formula is C15H12ClN3. The Morgan fingerprint density at radius 2 is 2.21 bits per heavy atom. The molecule has 2 aliphatic heterocycles. The topological polar surface area (TPSA) is 27.6 Å². The van der Waals surface area contributed by atoms with Gasteiger partial charge in [-0.1, -0.05) is 29.8 Å². The molecule has 4 heteroatoms. The van der Waals surface area contributed by atoms with Crippen LogP contribution in [0.4, 0.5) is 11.4 Å². The first-order valence-electron chi connectivity index (χ1n) is 6.24. The molecule has 0 saturated carbocycles. The molecule has 4 rings (SSSR count). The molecule has 3 aliphatic rings. The Labute approximate surface area is 116 Å². The van der Waals surface area contributed by atoms with Crippen LogP contribution in [0.1, 0.15) is 0 Å². The molecule has 0 radical (unpaired) electrons. The maximum absolute atomic E-state index is 6.37. The van der Waals surface area contributed by atoms with Crippen molar-refractivity contribution < 1.29 is 0 Å². The van der Waals surface area contributed by atoms with Gasteiger partial charge in [0.1, 0.15) is 0 Å². The summed E-state index contributed by atoms with van der Waals surface area (Å²) in [5, 5.41) is 4.07. The quantitative estimate of drug-likeness (QED) is 0.783. The minimum atomic E-state index is -0.495. The van der Waals surface area contributed by atoms with E-state index >= 15 is 0 Å². The van der Waals surface area contributed by atoms with E-state index in [9.17, 15) is 0 Å². The number of allylic oxidation sites excluding steroid dienone is 2. The van der Waals surface area contributed by atoms with Crippen LogP contribution in [0.15, 0.2) is 64.3 Å². The number of halogens is 1. The lowest BCUT2D eigenvalue weighted by atomic mass is 9.94. The van der Waals surface area contributed by atoms with Gasteiger partial charge in [-0.25, -0.2) is 0 Å². The summed E-state index contributed by atoms with van der Waals surface area (Å²) in [6.45, 7) is 0.782. The number of nitrogens with one attached hydrogen (secondary N) is 1. The van der Waals surface area contributed by atoms with Crippen molar-refractivity contribution in [3.63, 3.8) is 0 Å². The predicted octanol–water partition coefficient (Wildman–Crippen LogP) is 3.28. The molecule has 0 fully saturated rings. The molecule has 1 atom stereocenters. The fraction of sp³-hybridized carbons (Fsp3) is 0.133. The number of rotatable bonds is 0. The Kier molecular flexibility index (Phi) is 2.15. The van der Waals surface area contributed by atoms with Crippen molar-refractivity contribution in [2.75, 3.05) is 16.8 Å². The molecule has 19 heavy (non-hydrogen) atoms. The average molecular weight is 270 g/mol. The zero-order valence-electron chi connectivity index (χ0n) is 10.2. The summed E-state index contributed by atoms with van der Waals surface area (Å²) >= 11 is 6.37. The third-order valence-corrected chi connectivity index (χ3v) is 4.09. The average Bonchev–Trinajstić information content (AvgIpc) is 2.77. The lowest BCUT2D eigenvalue weighted by Crippen LogP contribution is -2.44. The summed E-state index contributed by atoms with van der Waals surface area (Å²) in [6.07, 6.45) is 9.89. The summed E-state index contributed by atoms with van der Waals surface area (Å²) in [5.74, 6) is 0. The van der Waals surface area contributed by atoms with Gasteiger partial charge in [0, 0.05) is 23.0 Å². The van der Waals surface area contributed by atoms with Crippen molar-refractivity contribution in [1.29, 1.82) is 0 Å². The summed E-state index contributed by atoms with van der Waals surface area (Å²) in [5.41, 5.74) is 2.71. The molecule has 0 amide bonds. The first-order valence-corrected chi connectivity index (χ1v) is 6.62. The number of hydrogen-bond acceptors (Lipinski definition) is 3. The molecule has 1 aromatic rings. The minimum Gasteiger partial charge on any atom is -0.359 e. The van der Waals surface area contributed by atoms with Gasteiger partial charge >= 0.3 is 0 Å². The maximum atomic E-state index is 6.37. The SMILES string of the molecule is ClC1=CC=CC23N=CCN2c2ccccc2NC=C13. The van der Waals surface area contributed by atoms with Crippen molar-refractivity contribution >= 4 is 29.2 Å². The fourth-order valence-corrected chi connectivity index (χ4v) is 3.15. The molecule has 1 spiro atoms. The summed E-state index contributed by atoms with van der Waals surface area (Å²) in [4.78, 5) is 6.96. The number of aliphatic imine (C=N–C) groups is 1. The van der Waals surface area contributed by atoms with E-state index in [2.05, 4.69) is 28.4 Å². The molecule has 2 heterocycles. The van der Waals surface area contributed by atoms with Gasteiger partial charge in [0.2, 0.25) is 0 Å². The smallest absolute Gasteiger partial charge is 0.180 e. The van der Waals surface area contributed by atoms with Crippen LogP contribution in [0.3, 0.4) is 0 Å². The van der Waals surface area contributed by atoms with Crippen molar-refractivity contribution in [2.45, 2.75) is 5.66 Å². The highest BCUT2D eigenvalue weighted by molar-refractivity contribution is 6.32. The van der Waals surface area contributed by atoms with Gasteiger partial charge < -0.3 is 10.2 Å². The standard InChI is InChI=1S/C15H12ClN3/c16-12-4-3-7-15-11(12)10-17-13-5-1-2-6-14(13)19(15)9-8-18-15/h1-8,10,17H,9H2. The van der Waals surface area contributed by atoms with Crippen molar-refractivity contribution in [1.82, 2.24) is 0 Å². The van der Waals surface area contributed by atoms with Gasteiger partial charge in [-0.15, -0.1) is 0 Å². The Morgan fingerprint density at radius 1 is 1.32 bits per heavy atom. The number of nitrogens with zero attached hydrogens (tertiary/aromatic N) is 2. The zero-order valence-corrected chi connectivity index (χ0v) is 10.9. The van der Waals surface area contributed by atoms with Crippen LogP contribution in [-0.4, -0.2) is 18.4 Å². The predicted molar refractivity (Wildman–Crippen MR) is 79.8 cm³/mol. The summed E-state index contributed by atoms with van der Waals surface area (Å²) < 4.78 is 0. The Hall–Kier alpha value is -2.00. The van der Waals surface area contributed by atoms with Gasteiger partial charge in [-0.2, -0.15) is 0 Å². The Balaban J connectivity index is 1.98. The van der Waals surface area contributed by atoms with E-state index in [0.717, 1.165) is 28.5 Å². The number of benzene rings is 1. The highest BCUT2D eigenvalue weighted by Crippen LogP contribution is 2.45. The molecule has 1 aromatic carbocycles. The second-order valence-corrected chi connectivity index (χ2v) is 5.15. The molecule has 3 nitrogen and oxygen atoms in total. The first-order chi connectivity index (χ1) is 9.31. The highest BCUT2D eigenvalue weighted by Gasteiger charge is 2.44. The molecule has 0 saturated heterocycles. The van der Waals surface area contributed by atoms with E-state index in [-0.39, 0.29) is 0 Å². The Morgan fingerprint density at radius 3 is 3.16 bits per heavy atom. The number of anilines is 2. The van der Waals surface area contributed by atoms with E-state index in [1.165, 1.54) is 0 Å². The lowest BCUT2D eigenvalue weighted by Gasteiger charge is -2.37. The number of fused-ring (bicyclic) bond motifs is 2. The van der Waals surface area contributed by atoms with Gasteiger partial charge in [0.15, 0.2) is 5.66 Å². The van der Waals surface area contributed by atoms with E-state index in [4.69, 9.17) is 16.6 Å². The zero-order chi connectivity index (χ0) is 12.9. The van der Waals surface area contributed by atoms with Gasteiger partial charge in [-0.3, -0.25) is 4.99 Å². The van der Waals surface area contributed by atoms with Crippen molar-refractivity contribution in [3.05, 3.63) is 59.3 Å². The van der Waals surface area contributed by atoms with Gasteiger partial charge in [0.25, 0.3) is 0 Å². The molecular weight excluding hydrogens is 258 g/mol. The minimum absolute atomic E-state index is 0.495. The molecule has 0 bridgehead atoms. The van der Waals surface area contributed by atoms with Crippen LogP contribution >= 0.6 is 11.6 Å². The third-order valence-electron chi connectivity index (χ3n) is 3.76. The van der Waals surface area contributed by atoms with Crippen LogP contribution in [0.5, 0.6) is 0 Å². The van der Waals surface area contributed by atoms with Crippen molar-refractivity contribution in [3.8, 4) is 0 Å². The van der Waals surface area contributed by atoms with E-state index in [0.29, 0.717) is 0 Å². The van der Waals surface area contributed by atoms with Gasteiger partial charge in [-0.05, 0) is 24.3 Å². The monoisotopic (exact) mass is 269 g/mol. The normalized spacial score (nSPS) is 26.7. The Bertz CT molecular complexity index is 672.